The van der Waals surface area contributed by atoms with Gasteiger partial charge in [0.25, 0.3) is 0 Å². The number of alkyl halides is 7. The number of hydrogen-bond acceptors (Lipinski definition) is 2. The fourth-order valence-corrected chi connectivity index (χ4v) is 3.41. The second kappa shape index (κ2) is 6.89. The zero-order valence-corrected chi connectivity index (χ0v) is 14.7. The lowest BCUT2D eigenvalue weighted by atomic mass is 9.65. The summed E-state index contributed by atoms with van der Waals surface area (Å²) in [4.78, 5) is 24.1. The molecular formula is C18H15F7N2O2. The van der Waals surface area contributed by atoms with Gasteiger partial charge >= 0.3 is 18.0 Å². The van der Waals surface area contributed by atoms with Gasteiger partial charge < -0.3 is 11.5 Å². The molecule has 2 amide bonds. The van der Waals surface area contributed by atoms with Gasteiger partial charge in [0, 0.05) is 5.56 Å². The van der Waals surface area contributed by atoms with E-state index in [-0.39, 0.29) is 17.2 Å². The second-order valence-electron chi connectivity index (χ2n) is 6.54. The Labute approximate surface area is 160 Å². The van der Waals surface area contributed by atoms with E-state index in [0.717, 1.165) is 6.92 Å². The molecule has 0 saturated heterocycles. The van der Waals surface area contributed by atoms with Crippen molar-refractivity contribution in [3.05, 3.63) is 59.2 Å². The number of halogens is 7. The van der Waals surface area contributed by atoms with Crippen LogP contribution in [0.2, 0.25) is 0 Å². The van der Waals surface area contributed by atoms with Crippen molar-refractivity contribution in [3.8, 4) is 0 Å². The first kappa shape index (κ1) is 22.4. The molecular weight excluding hydrogens is 409 g/mol. The van der Waals surface area contributed by atoms with Crippen molar-refractivity contribution in [2.45, 2.75) is 30.4 Å². The average Bonchev–Trinajstić information content (AvgIpc) is 2.58. The zero-order valence-electron chi connectivity index (χ0n) is 14.7. The fourth-order valence-electron chi connectivity index (χ4n) is 3.41. The summed E-state index contributed by atoms with van der Waals surface area (Å²) >= 11 is 0. The number of amides is 2. The van der Waals surface area contributed by atoms with Crippen LogP contribution in [0.25, 0.3) is 0 Å². The van der Waals surface area contributed by atoms with E-state index in [2.05, 4.69) is 0 Å². The Balaban J connectivity index is 2.76. The highest BCUT2D eigenvalue weighted by atomic mass is 19.4. The summed E-state index contributed by atoms with van der Waals surface area (Å²) in [7, 11) is 0. The van der Waals surface area contributed by atoms with Crippen LogP contribution in [0.1, 0.15) is 16.7 Å². The molecule has 0 saturated carbocycles. The van der Waals surface area contributed by atoms with Crippen molar-refractivity contribution in [1.29, 1.82) is 0 Å². The van der Waals surface area contributed by atoms with Crippen LogP contribution in [0.3, 0.4) is 0 Å². The standard InChI is InChI=1S/C18H15F7N2O2/c1-9-8-10(16(19,17(20,21)22)18(23,24)25)5-6-11(9)15(14(27)29)7-3-2-4-12(15)13(26)28/h2-8,12H,1H3,(H2,26,28)(H2,27,29). The maximum Gasteiger partial charge on any atom is 0.435 e. The molecule has 0 radical (unpaired) electrons. The van der Waals surface area contributed by atoms with Crippen LogP contribution in [-0.4, -0.2) is 24.2 Å². The Morgan fingerprint density at radius 1 is 0.966 bits per heavy atom. The molecule has 0 bridgehead atoms. The number of carbonyl (C=O) groups excluding carboxylic acids is 2. The molecule has 4 N–H and O–H groups in total. The summed E-state index contributed by atoms with van der Waals surface area (Å²) in [5.74, 6) is -3.47. The van der Waals surface area contributed by atoms with E-state index in [0.29, 0.717) is 12.1 Å². The largest absolute Gasteiger partial charge is 0.435 e. The van der Waals surface area contributed by atoms with Crippen LogP contribution in [-0.2, 0) is 20.7 Å². The summed E-state index contributed by atoms with van der Waals surface area (Å²) in [6.07, 6.45) is -7.48. The highest BCUT2D eigenvalue weighted by Crippen LogP contribution is 2.53. The first-order valence-corrected chi connectivity index (χ1v) is 8.00. The number of aryl methyl sites for hydroxylation is 1. The van der Waals surface area contributed by atoms with Crippen molar-refractivity contribution in [2.75, 3.05) is 0 Å². The molecule has 2 atom stereocenters. The maximum atomic E-state index is 14.3. The molecule has 0 spiro atoms. The predicted octanol–water partition coefficient (Wildman–Crippen LogP) is 3.24. The van der Waals surface area contributed by atoms with Crippen LogP contribution in [0.4, 0.5) is 30.7 Å². The first-order valence-electron chi connectivity index (χ1n) is 8.00. The van der Waals surface area contributed by atoms with Gasteiger partial charge in [0.1, 0.15) is 5.41 Å². The summed E-state index contributed by atoms with van der Waals surface area (Å²) in [5.41, 5.74) is 0.919. The molecule has 0 aliphatic heterocycles. The molecule has 2 unspecified atom stereocenters. The third-order valence-electron chi connectivity index (χ3n) is 4.83. The van der Waals surface area contributed by atoms with Crippen LogP contribution in [0, 0.1) is 12.8 Å². The van der Waals surface area contributed by atoms with Gasteiger partial charge in [0.2, 0.25) is 11.8 Å². The summed E-state index contributed by atoms with van der Waals surface area (Å²) in [6, 6.07) is 1.30. The lowest BCUT2D eigenvalue weighted by Gasteiger charge is -2.36. The fraction of sp³-hybridized carbons (Fsp3) is 0.333. The Bertz CT molecular complexity index is 888. The van der Waals surface area contributed by atoms with Crippen LogP contribution in [0.5, 0.6) is 0 Å². The number of benzene rings is 1. The monoisotopic (exact) mass is 424 g/mol. The molecule has 29 heavy (non-hydrogen) atoms. The number of nitrogens with two attached hydrogens (primary N) is 2. The minimum Gasteiger partial charge on any atom is -0.369 e. The van der Waals surface area contributed by atoms with Gasteiger partial charge in [-0.1, -0.05) is 42.5 Å². The number of allylic oxidation sites excluding steroid dienone is 2. The van der Waals surface area contributed by atoms with Gasteiger partial charge in [-0.25, -0.2) is 4.39 Å². The van der Waals surface area contributed by atoms with Crippen molar-refractivity contribution in [1.82, 2.24) is 0 Å². The minimum absolute atomic E-state index is 0.176. The smallest absolute Gasteiger partial charge is 0.369 e. The number of carbonyl (C=O) groups is 2. The minimum atomic E-state index is -6.29. The lowest BCUT2D eigenvalue weighted by Crippen LogP contribution is -2.52. The predicted molar refractivity (Wildman–Crippen MR) is 87.9 cm³/mol. The number of rotatable bonds is 4. The summed E-state index contributed by atoms with van der Waals surface area (Å²) in [5, 5.41) is 0. The maximum absolute atomic E-state index is 14.3. The van der Waals surface area contributed by atoms with Crippen molar-refractivity contribution in [3.63, 3.8) is 0 Å². The van der Waals surface area contributed by atoms with Crippen LogP contribution >= 0.6 is 0 Å². The molecule has 1 aliphatic carbocycles. The van der Waals surface area contributed by atoms with E-state index >= 15 is 0 Å². The highest BCUT2D eigenvalue weighted by molar-refractivity contribution is 5.97. The van der Waals surface area contributed by atoms with Crippen molar-refractivity contribution < 1.29 is 40.3 Å². The quantitative estimate of drug-likeness (QED) is 0.728. The van der Waals surface area contributed by atoms with E-state index in [1.54, 1.807) is 0 Å². The molecule has 11 heteroatoms. The zero-order chi connectivity index (χ0) is 22.4. The molecule has 0 aromatic heterocycles. The molecule has 158 valence electrons. The van der Waals surface area contributed by atoms with E-state index in [9.17, 15) is 40.3 Å². The SMILES string of the molecule is Cc1cc(C(F)(C(F)(F)F)C(F)(F)F)ccc1C1(C(N)=O)C=CC=CC1C(N)=O. The Hall–Kier alpha value is -2.85. The normalized spacial score (nSPS) is 22.6. The Morgan fingerprint density at radius 2 is 1.52 bits per heavy atom. The van der Waals surface area contributed by atoms with E-state index in [1.165, 1.54) is 24.3 Å². The lowest BCUT2D eigenvalue weighted by molar-refractivity contribution is -0.348. The third-order valence-corrected chi connectivity index (χ3v) is 4.83. The van der Waals surface area contributed by atoms with Gasteiger partial charge in [0.05, 0.1) is 5.92 Å². The van der Waals surface area contributed by atoms with Gasteiger partial charge in [-0.15, -0.1) is 0 Å². The number of hydrogen-bond donors (Lipinski definition) is 2. The van der Waals surface area contributed by atoms with E-state index in [1.807, 2.05) is 0 Å². The second-order valence-corrected chi connectivity index (χ2v) is 6.54. The van der Waals surface area contributed by atoms with Gasteiger partial charge in [-0.05, 0) is 18.1 Å². The average molecular weight is 424 g/mol. The molecule has 0 fully saturated rings. The Kier molecular flexibility index (Phi) is 5.33. The van der Waals surface area contributed by atoms with Crippen LogP contribution in [0.15, 0.2) is 42.5 Å². The molecule has 2 rings (SSSR count). The molecule has 1 aromatic carbocycles. The van der Waals surface area contributed by atoms with Crippen molar-refractivity contribution in [2.24, 2.45) is 17.4 Å². The van der Waals surface area contributed by atoms with E-state index in [4.69, 9.17) is 11.5 Å². The topological polar surface area (TPSA) is 86.2 Å². The van der Waals surface area contributed by atoms with Crippen LogP contribution < -0.4 is 11.5 Å². The Morgan fingerprint density at radius 3 is 1.93 bits per heavy atom. The number of primary amides is 2. The summed E-state index contributed by atoms with van der Waals surface area (Å²) in [6.45, 7) is 1.07. The third kappa shape index (κ3) is 3.28. The van der Waals surface area contributed by atoms with Crippen molar-refractivity contribution >= 4 is 11.8 Å². The molecule has 0 heterocycles. The molecule has 4 nitrogen and oxygen atoms in total. The highest BCUT2D eigenvalue weighted by Gasteiger charge is 2.73. The van der Waals surface area contributed by atoms with Gasteiger partial charge in [-0.2, -0.15) is 26.3 Å². The molecule has 1 aliphatic rings. The first-order chi connectivity index (χ1) is 13.1. The van der Waals surface area contributed by atoms with Gasteiger partial charge in [-0.3, -0.25) is 9.59 Å². The summed E-state index contributed by atoms with van der Waals surface area (Å²) < 4.78 is 92.3. The molecule has 1 aromatic rings. The van der Waals surface area contributed by atoms with Gasteiger partial charge in [0.15, 0.2) is 0 Å². The van der Waals surface area contributed by atoms with E-state index < -0.39 is 46.7 Å².